The smallest absolute Gasteiger partial charge is 0.321 e. The lowest BCUT2D eigenvalue weighted by Gasteiger charge is -2.14. The Labute approximate surface area is 103 Å². The molecule has 0 heterocycles. The van der Waals surface area contributed by atoms with Crippen LogP contribution in [0.15, 0.2) is 0 Å². The van der Waals surface area contributed by atoms with Gasteiger partial charge in [0.2, 0.25) is 0 Å². The molecular weight excluding hydrogens is 250 g/mol. The molecule has 17 heavy (non-hydrogen) atoms. The summed E-state index contributed by atoms with van der Waals surface area (Å²) in [6.45, 7) is 0. The largest absolute Gasteiger partial charge is 0.480 e. The Morgan fingerprint density at radius 2 is 1.88 bits per heavy atom. The summed E-state index contributed by atoms with van der Waals surface area (Å²) in [5.74, 6) is -2.35. The molecule has 98 valence electrons. The summed E-state index contributed by atoms with van der Waals surface area (Å²) in [6, 6.07) is -1.09. The fraction of sp³-hybridized carbons (Fsp3) is 0.667. The minimum atomic E-state index is -1.17. The van der Waals surface area contributed by atoms with Gasteiger partial charge in [-0.05, 0) is 0 Å². The molecule has 3 N–H and O–H groups in total. The quantitative estimate of drug-likeness (QED) is 0.577. The normalized spacial score (nSPS) is 13.6. The molecule has 0 fully saturated rings. The van der Waals surface area contributed by atoms with E-state index in [1.165, 1.54) is 14.2 Å². The fourth-order valence-corrected chi connectivity index (χ4v) is 1.94. The Morgan fingerprint density at radius 1 is 1.29 bits per heavy atom. The number of aliphatic carboxylic acids is 1. The summed E-state index contributed by atoms with van der Waals surface area (Å²) in [5, 5.41) is 7.77. The average molecular weight is 265 g/mol. The van der Waals surface area contributed by atoms with Crippen molar-refractivity contribution in [2.45, 2.75) is 17.7 Å². The highest BCUT2D eigenvalue weighted by atomic mass is 32.2. The van der Waals surface area contributed by atoms with Crippen LogP contribution >= 0.6 is 11.8 Å². The molecule has 7 nitrogen and oxygen atoms in total. The molecule has 2 atom stereocenters. The molecule has 0 aromatic carbocycles. The van der Waals surface area contributed by atoms with Crippen molar-refractivity contribution in [1.29, 1.82) is 0 Å². The van der Waals surface area contributed by atoms with Crippen LogP contribution < -0.4 is 5.73 Å². The number of carbonyl (C=O) groups excluding carboxylic acids is 2. The van der Waals surface area contributed by atoms with Crippen LogP contribution in [0.5, 0.6) is 0 Å². The number of esters is 2. The standard InChI is InChI=1S/C9H15NO6S/c1-15-7(11)3-6(9(14)16-2)17-4-5(10)8(12)13/h5-6H,3-4,10H2,1-2H3,(H,12,13)/t5-,6?/m0/s1. The number of carboxylic acids is 1. The molecule has 0 bridgehead atoms. The van der Waals surface area contributed by atoms with E-state index in [1.807, 2.05) is 0 Å². The minimum Gasteiger partial charge on any atom is -0.480 e. The lowest BCUT2D eigenvalue weighted by molar-refractivity contribution is -0.146. The molecule has 0 spiro atoms. The van der Waals surface area contributed by atoms with Crippen LogP contribution in [-0.4, -0.2) is 54.3 Å². The van der Waals surface area contributed by atoms with Gasteiger partial charge in [0.15, 0.2) is 0 Å². The second-order valence-corrected chi connectivity index (χ2v) is 4.31. The van der Waals surface area contributed by atoms with Crippen molar-refractivity contribution in [3.63, 3.8) is 0 Å². The third-order valence-electron chi connectivity index (χ3n) is 1.84. The van der Waals surface area contributed by atoms with Crippen molar-refractivity contribution in [2.24, 2.45) is 5.73 Å². The molecule has 0 aliphatic carbocycles. The number of hydrogen-bond donors (Lipinski definition) is 2. The van der Waals surface area contributed by atoms with Crippen LogP contribution in [0.4, 0.5) is 0 Å². The van der Waals surface area contributed by atoms with E-state index >= 15 is 0 Å². The molecule has 0 saturated carbocycles. The first-order chi connectivity index (χ1) is 7.92. The van der Waals surface area contributed by atoms with Gasteiger partial charge >= 0.3 is 17.9 Å². The maximum atomic E-state index is 11.3. The summed E-state index contributed by atoms with van der Waals surface area (Å²) >= 11 is 0.953. The van der Waals surface area contributed by atoms with Crippen LogP contribution in [-0.2, 0) is 23.9 Å². The van der Waals surface area contributed by atoms with Crippen LogP contribution in [0.3, 0.4) is 0 Å². The van der Waals surface area contributed by atoms with Gasteiger partial charge in [-0.15, -0.1) is 11.8 Å². The van der Waals surface area contributed by atoms with Gasteiger partial charge in [-0.25, -0.2) is 0 Å². The lowest BCUT2D eigenvalue weighted by Crippen LogP contribution is -2.34. The zero-order valence-corrected chi connectivity index (χ0v) is 10.4. The number of thioether (sulfide) groups is 1. The van der Waals surface area contributed by atoms with Gasteiger partial charge in [0.25, 0.3) is 0 Å². The number of carbonyl (C=O) groups is 3. The highest BCUT2D eigenvalue weighted by molar-refractivity contribution is 8.00. The highest BCUT2D eigenvalue weighted by Gasteiger charge is 2.25. The van der Waals surface area contributed by atoms with Gasteiger partial charge in [0.05, 0.1) is 20.6 Å². The molecule has 8 heteroatoms. The first-order valence-corrected chi connectivity index (χ1v) is 5.71. The van der Waals surface area contributed by atoms with E-state index in [2.05, 4.69) is 9.47 Å². The Morgan fingerprint density at radius 3 is 2.29 bits per heavy atom. The van der Waals surface area contributed by atoms with E-state index in [0.29, 0.717) is 0 Å². The van der Waals surface area contributed by atoms with Crippen LogP contribution in [0.1, 0.15) is 6.42 Å². The third kappa shape index (κ3) is 6.12. The summed E-state index contributed by atoms with van der Waals surface area (Å²) in [6.07, 6.45) is -0.180. The Balaban J connectivity index is 4.34. The number of carboxylic acid groups (broad SMARTS) is 1. The summed E-state index contributed by atoms with van der Waals surface area (Å²) in [7, 11) is 2.38. The minimum absolute atomic E-state index is 0.00605. The molecule has 0 aromatic rings. The van der Waals surface area contributed by atoms with E-state index < -0.39 is 29.2 Å². The van der Waals surface area contributed by atoms with Crippen LogP contribution in [0.25, 0.3) is 0 Å². The van der Waals surface area contributed by atoms with Gasteiger partial charge < -0.3 is 20.3 Å². The predicted octanol–water partition coefficient (Wildman–Crippen LogP) is -0.764. The van der Waals surface area contributed by atoms with Gasteiger partial charge in [-0.1, -0.05) is 0 Å². The fourth-order valence-electron chi connectivity index (χ4n) is 0.868. The van der Waals surface area contributed by atoms with Gasteiger partial charge in [-0.2, -0.15) is 0 Å². The van der Waals surface area contributed by atoms with Crippen molar-refractivity contribution in [1.82, 2.24) is 0 Å². The van der Waals surface area contributed by atoms with Crippen molar-refractivity contribution >= 4 is 29.7 Å². The van der Waals surface area contributed by atoms with Crippen LogP contribution in [0, 0.1) is 0 Å². The summed E-state index contributed by atoms with van der Waals surface area (Å²) in [5.41, 5.74) is 5.28. The van der Waals surface area contributed by atoms with Crippen LogP contribution in [0.2, 0.25) is 0 Å². The van der Waals surface area contributed by atoms with E-state index in [1.54, 1.807) is 0 Å². The molecule has 0 radical (unpaired) electrons. The molecule has 0 aliphatic rings. The molecule has 1 unspecified atom stereocenters. The Hall–Kier alpha value is -1.28. The summed E-state index contributed by atoms with van der Waals surface area (Å²) in [4.78, 5) is 32.8. The number of rotatable bonds is 7. The molecule has 0 aliphatic heterocycles. The third-order valence-corrected chi connectivity index (χ3v) is 3.15. The van der Waals surface area contributed by atoms with Gasteiger partial charge in [-0.3, -0.25) is 14.4 Å². The zero-order chi connectivity index (χ0) is 13.4. The van der Waals surface area contributed by atoms with E-state index in [0.717, 1.165) is 11.8 Å². The SMILES string of the molecule is COC(=O)CC(SC[C@H](N)C(=O)O)C(=O)OC. The predicted molar refractivity (Wildman–Crippen MR) is 60.5 cm³/mol. The lowest BCUT2D eigenvalue weighted by atomic mass is 10.3. The number of nitrogens with two attached hydrogens (primary N) is 1. The van der Waals surface area contributed by atoms with E-state index in [4.69, 9.17) is 10.8 Å². The monoisotopic (exact) mass is 265 g/mol. The topological polar surface area (TPSA) is 116 Å². The maximum absolute atomic E-state index is 11.3. The van der Waals surface area contributed by atoms with E-state index in [-0.39, 0.29) is 12.2 Å². The number of ether oxygens (including phenoxy) is 2. The first-order valence-electron chi connectivity index (χ1n) is 4.67. The summed E-state index contributed by atoms with van der Waals surface area (Å²) < 4.78 is 8.92. The second-order valence-electron chi connectivity index (χ2n) is 3.07. The molecular formula is C9H15NO6S. The molecule has 0 aromatic heterocycles. The van der Waals surface area contributed by atoms with Gasteiger partial charge in [0.1, 0.15) is 11.3 Å². The highest BCUT2D eigenvalue weighted by Crippen LogP contribution is 2.17. The maximum Gasteiger partial charge on any atom is 0.321 e. The molecule has 0 saturated heterocycles. The number of hydrogen-bond acceptors (Lipinski definition) is 7. The Kier molecular flexibility index (Phi) is 7.31. The van der Waals surface area contributed by atoms with Crippen molar-refractivity contribution < 1.29 is 29.0 Å². The van der Waals surface area contributed by atoms with Crippen molar-refractivity contribution in [3.8, 4) is 0 Å². The average Bonchev–Trinajstić information content (AvgIpc) is 2.32. The van der Waals surface area contributed by atoms with E-state index in [9.17, 15) is 14.4 Å². The second kappa shape index (κ2) is 7.91. The molecule has 0 rings (SSSR count). The van der Waals surface area contributed by atoms with Crippen molar-refractivity contribution in [3.05, 3.63) is 0 Å². The molecule has 0 amide bonds. The first kappa shape index (κ1) is 15.7. The Bertz CT molecular complexity index is 295. The van der Waals surface area contributed by atoms with Crippen molar-refractivity contribution in [2.75, 3.05) is 20.0 Å². The number of methoxy groups -OCH3 is 2. The zero-order valence-electron chi connectivity index (χ0n) is 9.54. The van der Waals surface area contributed by atoms with Gasteiger partial charge in [0, 0.05) is 5.75 Å².